The Morgan fingerprint density at radius 1 is 1.06 bits per heavy atom. The van der Waals surface area contributed by atoms with Crippen molar-refractivity contribution in [2.75, 3.05) is 5.32 Å². The van der Waals surface area contributed by atoms with Gasteiger partial charge in [0.05, 0.1) is 46.4 Å². The minimum absolute atomic E-state index is 0.213. The standard InChI is InChI=1S/C24H21FN6OS/c1-12-5-8-20-17(9-12)18(10-13(2)26-20)24(32)27-21-14(3)28-31(15(21)4)11-16-6-7-19(25)23-22(16)29-33-30-23/h5-10H,11H2,1-4H3,(H,27,32). The Morgan fingerprint density at radius 2 is 1.85 bits per heavy atom. The maximum atomic E-state index is 14.0. The predicted molar refractivity (Wildman–Crippen MR) is 127 cm³/mol. The minimum Gasteiger partial charge on any atom is -0.319 e. The average molecular weight is 461 g/mol. The molecule has 0 fully saturated rings. The summed E-state index contributed by atoms with van der Waals surface area (Å²) in [6.07, 6.45) is 0. The minimum atomic E-state index is -0.390. The normalized spacial score (nSPS) is 11.4. The molecule has 0 aliphatic heterocycles. The first-order valence-electron chi connectivity index (χ1n) is 10.4. The maximum Gasteiger partial charge on any atom is 0.256 e. The zero-order chi connectivity index (χ0) is 23.3. The summed E-state index contributed by atoms with van der Waals surface area (Å²) in [7, 11) is 0. The highest BCUT2D eigenvalue weighted by molar-refractivity contribution is 7.00. The Bertz CT molecular complexity index is 1550. The Balaban J connectivity index is 1.49. The molecule has 5 rings (SSSR count). The molecule has 0 atom stereocenters. The van der Waals surface area contributed by atoms with Gasteiger partial charge in [-0.25, -0.2) is 4.39 Å². The summed E-state index contributed by atoms with van der Waals surface area (Å²) in [4.78, 5) is 17.9. The number of carbonyl (C=O) groups is 1. The van der Waals surface area contributed by atoms with Gasteiger partial charge in [0.25, 0.3) is 5.91 Å². The van der Waals surface area contributed by atoms with Crippen molar-refractivity contribution in [2.24, 2.45) is 0 Å². The third-order valence-electron chi connectivity index (χ3n) is 5.73. The monoisotopic (exact) mass is 460 g/mol. The van der Waals surface area contributed by atoms with Crippen LogP contribution >= 0.6 is 11.7 Å². The number of aromatic nitrogens is 5. The molecule has 7 nitrogen and oxygen atoms in total. The average Bonchev–Trinajstić information content (AvgIpc) is 3.37. The highest BCUT2D eigenvalue weighted by atomic mass is 32.1. The zero-order valence-corrected chi connectivity index (χ0v) is 19.4. The van der Waals surface area contributed by atoms with Crippen molar-refractivity contribution in [3.05, 3.63) is 76.0 Å². The number of benzene rings is 2. The van der Waals surface area contributed by atoms with E-state index in [9.17, 15) is 9.18 Å². The SMILES string of the molecule is Cc1ccc2nc(C)cc(C(=O)Nc3c(C)nn(Cc4ccc(F)c5nsnc45)c3C)c2c1. The number of amides is 1. The van der Waals surface area contributed by atoms with Crippen molar-refractivity contribution in [1.29, 1.82) is 0 Å². The lowest BCUT2D eigenvalue weighted by molar-refractivity contribution is 0.102. The van der Waals surface area contributed by atoms with Crippen LogP contribution in [0.1, 0.15) is 38.6 Å². The van der Waals surface area contributed by atoms with Gasteiger partial charge in [-0.2, -0.15) is 13.8 Å². The Morgan fingerprint density at radius 3 is 2.67 bits per heavy atom. The van der Waals surface area contributed by atoms with E-state index in [0.717, 1.165) is 45.1 Å². The number of hydrogen-bond acceptors (Lipinski definition) is 6. The summed E-state index contributed by atoms with van der Waals surface area (Å²) >= 11 is 0.982. The Hall–Kier alpha value is -3.72. The third kappa shape index (κ3) is 3.74. The summed E-state index contributed by atoms with van der Waals surface area (Å²) in [6.45, 7) is 8.01. The summed E-state index contributed by atoms with van der Waals surface area (Å²) in [6, 6.07) is 10.8. The fourth-order valence-corrected chi connectivity index (χ4v) is 4.63. The van der Waals surface area contributed by atoms with Crippen LogP contribution in [-0.2, 0) is 6.54 Å². The third-order valence-corrected chi connectivity index (χ3v) is 6.26. The van der Waals surface area contributed by atoms with E-state index < -0.39 is 0 Å². The molecule has 2 aromatic carbocycles. The molecule has 0 unspecified atom stereocenters. The smallest absolute Gasteiger partial charge is 0.256 e. The molecule has 5 aromatic rings. The Labute approximate surface area is 193 Å². The lowest BCUT2D eigenvalue weighted by Gasteiger charge is -2.11. The van der Waals surface area contributed by atoms with Crippen LogP contribution in [0.15, 0.2) is 36.4 Å². The van der Waals surface area contributed by atoms with E-state index in [-0.39, 0.29) is 17.2 Å². The molecule has 33 heavy (non-hydrogen) atoms. The lowest BCUT2D eigenvalue weighted by Crippen LogP contribution is -2.14. The van der Waals surface area contributed by atoms with Crippen molar-refractivity contribution in [3.8, 4) is 0 Å². The van der Waals surface area contributed by atoms with Crippen LogP contribution in [0.4, 0.5) is 10.1 Å². The number of fused-ring (bicyclic) bond motifs is 2. The van der Waals surface area contributed by atoms with Crippen molar-refractivity contribution in [1.82, 2.24) is 23.5 Å². The van der Waals surface area contributed by atoms with Gasteiger partial charge in [0.15, 0.2) is 5.82 Å². The van der Waals surface area contributed by atoms with Gasteiger partial charge < -0.3 is 5.32 Å². The van der Waals surface area contributed by atoms with Crippen LogP contribution in [0, 0.1) is 33.5 Å². The number of hydrogen-bond donors (Lipinski definition) is 1. The summed E-state index contributed by atoms with van der Waals surface area (Å²) in [5.74, 6) is -0.603. The van der Waals surface area contributed by atoms with Gasteiger partial charge in [0.1, 0.15) is 11.0 Å². The molecule has 0 aliphatic rings. The first kappa shape index (κ1) is 21.1. The molecule has 0 saturated carbocycles. The largest absolute Gasteiger partial charge is 0.319 e. The van der Waals surface area contributed by atoms with Crippen molar-refractivity contribution in [2.45, 2.75) is 34.2 Å². The van der Waals surface area contributed by atoms with Gasteiger partial charge in [-0.1, -0.05) is 17.7 Å². The quantitative estimate of drug-likeness (QED) is 0.403. The van der Waals surface area contributed by atoms with E-state index in [1.807, 2.05) is 45.9 Å². The number of pyridine rings is 1. The van der Waals surface area contributed by atoms with Crippen LogP contribution < -0.4 is 5.32 Å². The van der Waals surface area contributed by atoms with E-state index in [1.165, 1.54) is 6.07 Å². The molecule has 3 heterocycles. The number of carbonyl (C=O) groups excluding carboxylic acids is 1. The van der Waals surface area contributed by atoms with E-state index in [1.54, 1.807) is 16.8 Å². The summed E-state index contributed by atoms with van der Waals surface area (Å²) in [5, 5.41) is 8.47. The highest BCUT2D eigenvalue weighted by Crippen LogP contribution is 2.26. The van der Waals surface area contributed by atoms with Crippen LogP contribution in [0.3, 0.4) is 0 Å². The summed E-state index contributed by atoms with van der Waals surface area (Å²) in [5.41, 5.74) is 6.96. The van der Waals surface area contributed by atoms with Gasteiger partial charge in [-0.15, -0.1) is 0 Å². The molecule has 0 aliphatic carbocycles. The topological polar surface area (TPSA) is 85.6 Å². The van der Waals surface area contributed by atoms with Crippen LogP contribution in [0.5, 0.6) is 0 Å². The first-order chi connectivity index (χ1) is 15.8. The predicted octanol–water partition coefficient (Wildman–Crippen LogP) is 5.11. The van der Waals surface area contributed by atoms with Crippen molar-refractivity contribution >= 4 is 45.3 Å². The van der Waals surface area contributed by atoms with Crippen molar-refractivity contribution < 1.29 is 9.18 Å². The summed E-state index contributed by atoms with van der Waals surface area (Å²) < 4.78 is 24.1. The molecule has 0 radical (unpaired) electrons. The van der Waals surface area contributed by atoms with E-state index >= 15 is 0 Å². The molecule has 9 heteroatoms. The number of rotatable bonds is 4. The molecule has 1 N–H and O–H groups in total. The number of aryl methyl sites for hydroxylation is 3. The van der Waals surface area contributed by atoms with Crippen molar-refractivity contribution in [3.63, 3.8) is 0 Å². The molecule has 0 spiro atoms. The highest BCUT2D eigenvalue weighted by Gasteiger charge is 2.19. The van der Waals surface area contributed by atoms with Gasteiger partial charge >= 0.3 is 0 Å². The zero-order valence-electron chi connectivity index (χ0n) is 18.6. The van der Waals surface area contributed by atoms with Gasteiger partial charge in [0, 0.05) is 16.6 Å². The molecule has 166 valence electrons. The molecule has 0 bridgehead atoms. The van der Waals surface area contributed by atoms with Crippen LogP contribution in [0.2, 0.25) is 0 Å². The maximum absolute atomic E-state index is 14.0. The van der Waals surface area contributed by atoms with E-state index in [0.29, 0.717) is 29.0 Å². The van der Waals surface area contributed by atoms with E-state index in [2.05, 4.69) is 24.1 Å². The molecule has 1 amide bonds. The number of anilines is 1. The Kier molecular flexibility index (Phi) is 5.13. The first-order valence-corrected chi connectivity index (χ1v) is 11.2. The fourth-order valence-electron chi connectivity index (χ4n) is 4.05. The van der Waals surface area contributed by atoms with Crippen LogP contribution in [0.25, 0.3) is 21.9 Å². The van der Waals surface area contributed by atoms with Gasteiger partial charge in [-0.05, 0) is 52.0 Å². The molecule has 3 aromatic heterocycles. The van der Waals surface area contributed by atoms with Gasteiger partial charge in [-0.3, -0.25) is 14.5 Å². The van der Waals surface area contributed by atoms with Gasteiger partial charge in [0.2, 0.25) is 0 Å². The van der Waals surface area contributed by atoms with Crippen LogP contribution in [-0.4, -0.2) is 29.4 Å². The van der Waals surface area contributed by atoms with E-state index in [4.69, 9.17) is 0 Å². The molecule has 0 saturated heterocycles. The number of halogens is 1. The number of nitrogens with one attached hydrogen (secondary N) is 1. The lowest BCUT2D eigenvalue weighted by atomic mass is 10.0. The second kappa shape index (κ2) is 8.00. The second-order valence-electron chi connectivity index (χ2n) is 8.16. The number of nitrogens with zero attached hydrogens (tertiary/aromatic N) is 5. The molecular formula is C24H21FN6OS. The molecular weight excluding hydrogens is 439 g/mol. The fraction of sp³-hybridized carbons (Fsp3) is 0.208. The second-order valence-corrected chi connectivity index (χ2v) is 8.69.